The van der Waals surface area contributed by atoms with E-state index in [2.05, 4.69) is 30.4 Å². The molecule has 0 radical (unpaired) electrons. The summed E-state index contributed by atoms with van der Waals surface area (Å²) in [5.41, 5.74) is 2.65. The quantitative estimate of drug-likeness (QED) is 0.755. The molecule has 3 aromatic heterocycles. The number of anilines is 1. The summed E-state index contributed by atoms with van der Waals surface area (Å²) in [7, 11) is 0. The van der Waals surface area contributed by atoms with Gasteiger partial charge in [-0.2, -0.15) is 5.10 Å². The molecule has 3 aromatic rings. The molecular weight excluding hydrogens is 328 g/mol. The third-order valence-corrected chi connectivity index (χ3v) is 4.58. The molecular formula is C19H20N6O. The number of nitrogens with zero attached hydrogens (tertiary/aromatic N) is 4. The van der Waals surface area contributed by atoms with Gasteiger partial charge in [0, 0.05) is 61.1 Å². The fraction of sp³-hybridized carbons (Fsp3) is 0.263. The number of hydrogen-bond donors (Lipinski definition) is 2. The molecule has 1 aliphatic heterocycles. The second-order valence-corrected chi connectivity index (χ2v) is 6.37. The van der Waals surface area contributed by atoms with Crippen LogP contribution < -0.4 is 10.2 Å². The summed E-state index contributed by atoms with van der Waals surface area (Å²) in [5.74, 6) is 0.846. The van der Waals surface area contributed by atoms with Crippen LogP contribution in [0.1, 0.15) is 23.2 Å². The smallest absolute Gasteiger partial charge is 0.251 e. The number of aromatic nitrogens is 4. The van der Waals surface area contributed by atoms with Gasteiger partial charge in [-0.15, -0.1) is 0 Å². The Hall–Kier alpha value is -3.22. The summed E-state index contributed by atoms with van der Waals surface area (Å²) in [6, 6.07) is 9.50. The standard InChI is InChI=1S/C19H20N6O/c26-19(15-5-9-21-10-6-15)22-16-2-1-11-25(13-16)18-12-17(23-24-18)14-3-7-20-8-4-14/h3-10,12,16H,1-2,11,13H2,(H,22,26)(H,23,24). The number of piperidine rings is 1. The van der Waals surface area contributed by atoms with Crippen LogP contribution >= 0.6 is 0 Å². The maximum atomic E-state index is 12.4. The molecule has 1 unspecified atom stereocenters. The van der Waals surface area contributed by atoms with Crippen molar-refractivity contribution in [3.63, 3.8) is 0 Å². The van der Waals surface area contributed by atoms with Crippen LogP contribution in [-0.2, 0) is 0 Å². The van der Waals surface area contributed by atoms with Gasteiger partial charge in [0.1, 0.15) is 0 Å². The molecule has 0 aromatic carbocycles. The summed E-state index contributed by atoms with van der Waals surface area (Å²) in [6.45, 7) is 1.68. The number of H-pyrrole nitrogens is 1. The van der Waals surface area contributed by atoms with E-state index >= 15 is 0 Å². The minimum absolute atomic E-state index is 0.0567. The Balaban J connectivity index is 1.42. The third-order valence-electron chi connectivity index (χ3n) is 4.58. The molecule has 132 valence electrons. The topological polar surface area (TPSA) is 86.8 Å². The van der Waals surface area contributed by atoms with Crippen LogP contribution in [0.4, 0.5) is 5.82 Å². The number of aromatic amines is 1. The Morgan fingerprint density at radius 2 is 1.85 bits per heavy atom. The molecule has 7 heteroatoms. The lowest BCUT2D eigenvalue weighted by molar-refractivity contribution is 0.0933. The predicted molar refractivity (Wildman–Crippen MR) is 98.8 cm³/mol. The fourth-order valence-corrected chi connectivity index (χ4v) is 3.23. The number of nitrogens with one attached hydrogen (secondary N) is 2. The highest BCUT2D eigenvalue weighted by molar-refractivity contribution is 5.94. The summed E-state index contributed by atoms with van der Waals surface area (Å²) in [6.07, 6.45) is 8.77. The van der Waals surface area contributed by atoms with E-state index in [0.29, 0.717) is 5.56 Å². The summed E-state index contributed by atoms with van der Waals surface area (Å²) < 4.78 is 0. The molecule has 1 fully saturated rings. The van der Waals surface area contributed by atoms with Gasteiger partial charge in [-0.1, -0.05) is 0 Å². The van der Waals surface area contributed by atoms with E-state index < -0.39 is 0 Å². The van der Waals surface area contributed by atoms with Crippen LogP contribution in [0.25, 0.3) is 11.3 Å². The largest absolute Gasteiger partial charge is 0.353 e. The summed E-state index contributed by atoms with van der Waals surface area (Å²) >= 11 is 0. The molecule has 0 saturated carbocycles. The van der Waals surface area contributed by atoms with Crippen molar-refractivity contribution in [1.82, 2.24) is 25.5 Å². The van der Waals surface area contributed by atoms with Crippen molar-refractivity contribution >= 4 is 11.7 Å². The summed E-state index contributed by atoms with van der Waals surface area (Å²) in [5, 5.41) is 10.7. The highest BCUT2D eigenvalue weighted by Gasteiger charge is 2.23. The normalized spacial score (nSPS) is 17.1. The first-order valence-corrected chi connectivity index (χ1v) is 8.71. The van der Waals surface area contributed by atoms with Gasteiger partial charge in [0.2, 0.25) is 0 Å². The predicted octanol–water partition coefficient (Wildman–Crippen LogP) is 2.27. The Morgan fingerprint density at radius 3 is 2.62 bits per heavy atom. The molecule has 2 N–H and O–H groups in total. The molecule has 1 saturated heterocycles. The van der Waals surface area contributed by atoms with Gasteiger partial charge in [-0.05, 0) is 37.1 Å². The van der Waals surface area contributed by atoms with Crippen LogP contribution in [0, 0.1) is 0 Å². The lowest BCUT2D eigenvalue weighted by Crippen LogP contribution is -2.48. The highest BCUT2D eigenvalue weighted by atomic mass is 16.1. The maximum absolute atomic E-state index is 12.4. The second kappa shape index (κ2) is 7.35. The number of pyridine rings is 2. The zero-order valence-corrected chi connectivity index (χ0v) is 14.3. The highest BCUT2D eigenvalue weighted by Crippen LogP contribution is 2.23. The van der Waals surface area contributed by atoms with Crippen molar-refractivity contribution in [2.75, 3.05) is 18.0 Å². The van der Waals surface area contributed by atoms with Gasteiger partial charge in [0.05, 0.1) is 5.69 Å². The monoisotopic (exact) mass is 348 g/mol. The van der Waals surface area contributed by atoms with E-state index in [-0.39, 0.29) is 11.9 Å². The van der Waals surface area contributed by atoms with Gasteiger partial charge in [0.25, 0.3) is 5.91 Å². The van der Waals surface area contributed by atoms with Crippen molar-refractivity contribution in [1.29, 1.82) is 0 Å². The molecule has 1 aliphatic rings. The van der Waals surface area contributed by atoms with Gasteiger partial charge < -0.3 is 10.2 Å². The minimum Gasteiger partial charge on any atom is -0.353 e. The SMILES string of the molecule is O=C(NC1CCCN(c2cc(-c3ccncc3)[nH]n2)C1)c1ccncc1. The van der Waals surface area contributed by atoms with E-state index in [0.717, 1.165) is 43.0 Å². The first-order chi connectivity index (χ1) is 12.8. The van der Waals surface area contributed by atoms with Crippen molar-refractivity contribution in [2.45, 2.75) is 18.9 Å². The number of carbonyl (C=O) groups excluding carboxylic acids is 1. The van der Waals surface area contributed by atoms with E-state index in [9.17, 15) is 4.79 Å². The van der Waals surface area contributed by atoms with Crippen molar-refractivity contribution in [3.8, 4) is 11.3 Å². The molecule has 4 rings (SSSR count). The first kappa shape index (κ1) is 16.3. The third kappa shape index (κ3) is 3.56. The molecule has 1 amide bonds. The van der Waals surface area contributed by atoms with Crippen LogP contribution in [0.5, 0.6) is 0 Å². The number of carbonyl (C=O) groups is 1. The molecule has 0 bridgehead atoms. The Kier molecular flexibility index (Phi) is 4.59. The van der Waals surface area contributed by atoms with Gasteiger partial charge in [-0.25, -0.2) is 0 Å². The Bertz CT molecular complexity index is 864. The zero-order chi connectivity index (χ0) is 17.8. The van der Waals surface area contributed by atoms with Crippen molar-refractivity contribution in [3.05, 3.63) is 60.7 Å². The van der Waals surface area contributed by atoms with Gasteiger partial charge in [0.15, 0.2) is 5.82 Å². The van der Waals surface area contributed by atoms with E-state index in [4.69, 9.17) is 0 Å². The molecule has 4 heterocycles. The van der Waals surface area contributed by atoms with Gasteiger partial charge >= 0.3 is 0 Å². The molecule has 0 aliphatic carbocycles. The van der Waals surface area contributed by atoms with Gasteiger partial charge in [-0.3, -0.25) is 19.9 Å². The number of amides is 1. The van der Waals surface area contributed by atoms with E-state index in [1.165, 1.54) is 0 Å². The maximum Gasteiger partial charge on any atom is 0.251 e. The van der Waals surface area contributed by atoms with Crippen LogP contribution in [0.3, 0.4) is 0 Å². The average molecular weight is 348 g/mol. The van der Waals surface area contributed by atoms with Crippen LogP contribution in [0.15, 0.2) is 55.1 Å². The molecule has 1 atom stereocenters. The first-order valence-electron chi connectivity index (χ1n) is 8.71. The zero-order valence-electron chi connectivity index (χ0n) is 14.3. The van der Waals surface area contributed by atoms with E-state index in [1.807, 2.05) is 18.2 Å². The minimum atomic E-state index is -0.0567. The Morgan fingerprint density at radius 1 is 1.12 bits per heavy atom. The number of hydrogen-bond acceptors (Lipinski definition) is 5. The number of rotatable bonds is 4. The fourth-order valence-electron chi connectivity index (χ4n) is 3.23. The lowest BCUT2D eigenvalue weighted by Gasteiger charge is -2.33. The van der Waals surface area contributed by atoms with Crippen LogP contribution in [0.2, 0.25) is 0 Å². The average Bonchev–Trinajstić information content (AvgIpc) is 3.20. The van der Waals surface area contributed by atoms with Crippen LogP contribution in [-0.4, -0.2) is 45.2 Å². The van der Waals surface area contributed by atoms with Crippen molar-refractivity contribution < 1.29 is 4.79 Å². The Labute approximate surface area is 151 Å². The molecule has 26 heavy (non-hydrogen) atoms. The van der Waals surface area contributed by atoms with Crippen molar-refractivity contribution in [2.24, 2.45) is 0 Å². The molecule has 7 nitrogen and oxygen atoms in total. The molecule has 0 spiro atoms. The van der Waals surface area contributed by atoms with E-state index in [1.54, 1.807) is 36.9 Å². The lowest BCUT2D eigenvalue weighted by atomic mass is 10.0. The second-order valence-electron chi connectivity index (χ2n) is 6.37. The summed E-state index contributed by atoms with van der Waals surface area (Å²) in [4.78, 5) is 22.6.